The molecular formula is C20H21F2N7O. The number of halogens is 2. The molecule has 0 radical (unpaired) electrons. The van der Waals surface area contributed by atoms with Gasteiger partial charge in [0.25, 0.3) is 6.43 Å². The van der Waals surface area contributed by atoms with Crippen LogP contribution in [0.25, 0.3) is 0 Å². The third-order valence-electron chi connectivity index (χ3n) is 5.10. The van der Waals surface area contributed by atoms with Crippen LogP contribution in [0, 0.1) is 0 Å². The summed E-state index contributed by atoms with van der Waals surface area (Å²) in [5, 5.41) is 15.5. The number of benzene rings is 1. The summed E-state index contributed by atoms with van der Waals surface area (Å²) in [6.45, 7) is 0.992. The lowest BCUT2D eigenvalue weighted by Crippen LogP contribution is -2.37. The van der Waals surface area contributed by atoms with Gasteiger partial charge in [0.1, 0.15) is 5.69 Å². The van der Waals surface area contributed by atoms with Crippen LogP contribution in [-0.2, 0) is 11.3 Å². The quantitative estimate of drug-likeness (QED) is 0.637. The Morgan fingerprint density at radius 3 is 2.63 bits per heavy atom. The molecule has 2 aromatic heterocycles. The van der Waals surface area contributed by atoms with Gasteiger partial charge in [0.15, 0.2) is 5.82 Å². The number of nitrogens with one attached hydrogen (secondary N) is 1. The molecule has 0 spiro atoms. The molecule has 1 aliphatic heterocycles. The summed E-state index contributed by atoms with van der Waals surface area (Å²) in [5.74, 6) is 0.564. The fourth-order valence-corrected chi connectivity index (χ4v) is 3.53. The molecule has 0 saturated carbocycles. The molecule has 1 N–H and O–H groups in total. The molecule has 30 heavy (non-hydrogen) atoms. The van der Waals surface area contributed by atoms with E-state index >= 15 is 0 Å². The first kappa shape index (κ1) is 20.0. The molecule has 3 aromatic rings. The molecule has 1 unspecified atom stereocenters. The van der Waals surface area contributed by atoms with E-state index in [9.17, 15) is 13.6 Å². The summed E-state index contributed by atoms with van der Waals surface area (Å²) in [6.07, 6.45) is -0.897. The lowest BCUT2D eigenvalue weighted by atomic mass is 10.1. The van der Waals surface area contributed by atoms with E-state index in [1.165, 1.54) is 12.3 Å². The first-order valence-corrected chi connectivity index (χ1v) is 9.55. The first-order chi connectivity index (χ1) is 14.5. The first-order valence-electron chi connectivity index (χ1n) is 9.55. The second-order valence-electron chi connectivity index (χ2n) is 7.27. The van der Waals surface area contributed by atoms with Crippen LogP contribution in [0.5, 0.6) is 0 Å². The Balaban J connectivity index is 1.65. The number of carbonyl (C=O) groups is 1. The van der Waals surface area contributed by atoms with Crippen LogP contribution in [0.3, 0.4) is 0 Å². The maximum Gasteiger partial charge on any atom is 0.280 e. The van der Waals surface area contributed by atoms with Gasteiger partial charge in [-0.3, -0.25) is 15.1 Å². The van der Waals surface area contributed by atoms with Crippen molar-refractivity contribution in [2.45, 2.75) is 31.5 Å². The Kier molecular flexibility index (Phi) is 5.75. The number of aromatic nitrogens is 5. The zero-order chi connectivity index (χ0) is 21.1. The number of hydrogen-bond acceptors (Lipinski definition) is 6. The Morgan fingerprint density at radius 1 is 1.20 bits per heavy atom. The predicted molar refractivity (Wildman–Crippen MR) is 104 cm³/mol. The molecule has 156 valence electrons. The van der Waals surface area contributed by atoms with E-state index in [0.717, 1.165) is 5.56 Å². The van der Waals surface area contributed by atoms with Crippen LogP contribution in [0.1, 0.15) is 41.5 Å². The lowest BCUT2D eigenvalue weighted by molar-refractivity contribution is -0.126. The fourth-order valence-electron chi connectivity index (χ4n) is 3.53. The monoisotopic (exact) mass is 413 g/mol. The SMILES string of the molecule is CN1C[C@@H](NC(c2ccc(C(F)F)nc2)c2nnnn2Cc2ccccc2)CC1=O. The minimum atomic E-state index is -2.64. The largest absolute Gasteiger partial charge is 0.344 e. The number of amides is 1. The normalized spacial score (nSPS) is 17.7. The summed E-state index contributed by atoms with van der Waals surface area (Å²) in [6, 6.07) is 12.0. The number of hydrogen-bond donors (Lipinski definition) is 1. The van der Waals surface area contributed by atoms with E-state index in [4.69, 9.17) is 0 Å². The van der Waals surface area contributed by atoms with Crippen molar-refractivity contribution >= 4 is 5.91 Å². The molecule has 0 aliphatic carbocycles. The Labute approximate surface area is 171 Å². The van der Waals surface area contributed by atoms with Gasteiger partial charge in [-0.15, -0.1) is 5.10 Å². The lowest BCUT2D eigenvalue weighted by Gasteiger charge is -2.22. The topological polar surface area (TPSA) is 88.8 Å². The fraction of sp³-hybridized carbons (Fsp3) is 0.350. The number of carbonyl (C=O) groups excluding carboxylic acids is 1. The smallest absolute Gasteiger partial charge is 0.280 e. The van der Waals surface area contributed by atoms with Gasteiger partial charge in [-0.1, -0.05) is 36.4 Å². The molecule has 4 rings (SSSR count). The van der Waals surface area contributed by atoms with Crippen molar-refractivity contribution in [3.8, 4) is 0 Å². The molecule has 8 nitrogen and oxygen atoms in total. The molecular weight excluding hydrogens is 392 g/mol. The molecule has 1 amide bonds. The molecule has 1 saturated heterocycles. The van der Waals surface area contributed by atoms with E-state index in [1.54, 1.807) is 22.7 Å². The molecule has 3 heterocycles. The second-order valence-corrected chi connectivity index (χ2v) is 7.27. The number of pyridine rings is 1. The van der Waals surface area contributed by atoms with E-state index in [-0.39, 0.29) is 17.6 Å². The number of likely N-dealkylation sites (tertiary alicyclic amines) is 1. The van der Waals surface area contributed by atoms with Crippen molar-refractivity contribution in [3.05, 3.63) is 71.3 Å². The third kappa shape index (κ3) is 4.33. The van der Waals surface area contributed by atoms with E-state index < -0.39 is 12.5 Å². The molecule has 1 aromatic carbocycles. The zero-order valence-electron chi connectivity index (χ0n) is 16.3. The molecule has 10 heteroatoms. The van der Waals surface area contributed by atoms with Crippen LogP contribution in [-0.4, -0.2) is 55.6 Å². The number of nitrogens with zero attached hydrogens (tertiary/aromatic N) is 6. The Morgan fingerprint density at radius 2 is 2.00 bits per heavy atom. The highest BCUT2D eigenvalue weighted by atomic mass is 19.3. The van der Waals surface area contributed by atoms with Crippen molar-refractivity contribution < 1.29 is 13.6 Å². The van der Waals surface area contributed by atoms with Gasteiger partial charge in [-0.05, 0) is 27.6 Å². The zero-order valence-corrected chi connectivity index (χ0v) is 16.3. The average molecular weight is 413 g/mol. The van der Waals surface area contributed by atoms with Crippen LogP contribution in [0.4, 0.5) is 8.78 Å². The number of alkyl halides is 2. The van der Waals surface area contributed by atoms with Gasteiger partial charge >= 0.3 is 0 Å². The maximum absolute atomic E-state index is 12.9. The predicted octanol–water partition coefficient (Wildman–Crippen LogP) is 1.96. The number of rotatable bonds is 7. The van der Waals surface area contributed by atoms with Crippen molar-refractivity contribution in [2.75, 3.05) is 13.6 Å². The molecule has 2 atom stereocenters. The van der Waals surface area contributed by atoms with E-state index in [0.29, 0.717) is 30.9 Å². The summed E-state index contributed by atoms with van der Waals surface area (Å²) in [4.78, 5) is 17.5. The number of tetrazole rings is 1. The highest BCUT2D eigenvalue weighted by molar-refractivity contribution is 5.78. The Bertz CT molecular complexity index is 994. The highest BCUT2D eigenvalue weighted by Crippen LogP contribution is 2.25. The molecule has 1 fully saturated rings. The van der Waals surface area contributed by atoms with Crippen molar-refractivity contribution in [1.82, 2.24) is 35.4 Å². The summed E-state index contributed by atoms with van der Waals surface area (Å²) in [7, 11) is 1.75. The van der Waals surface area contributed by atoms with Gasteiger partial charge in [-0.2, -0.15) is 0 Å². The van der Waals surface area contributed by atoms with Crippen LogP contribution < -0.4 is 5.32 Å². The highest BCUT2D eigenvalue weighted by Gasteiger charge is 2.31. The third-order valence-corrected chi connectivity index (χ3v) is 5.10. The van der Waals surface area contributed by atoms with Gasteiger partial charge < -0.3 is 4.90 Å². The average Bonchev–Trinajstić information content (AvgIpc) is 3.33. The van der Waals surface area contributed by atoms with Gasteiger partial charge in [0, 0.05) is 32.3 Å². The summed E-state index contributed by atoms with van der Waals surface area (Å²) >= 11 is 0. The van der Waals surface area contributed by atoms with Crippen molar-refractivity contribution in [2.24, 2.45) is 0 Å². The standard InChI is InChI=1S/C20H21F2N7O/c1-28-12-15(9-17(28)30)24-18(14-7-8-16(19(21)22)23-10-14)20-25-26-27-29(20)11-13-5-3-2-4-6-13/h2-8,10,15,18-19,24H,9,11-12H2,1H3/t15-,18?/m0/s1. The Hall–Kier alpha value is -3.27. The van der Waals surface area contributed by atoms with Crippen molar-refractivity contribution in [3.63, 3.8) is 0 Å². The maximum atomic E-state index is 12.9. The van der Waals surface area contributed by atoms with Gasteiger partial charge in [-0.25, -0.2) is 13.5 Å². The van der Waals surface area contributed by atoms with Gasteiger partial charge in [0.2, 0.25) is 5.91 Å². The molecule has 1 aliphatic rings. The second kappa shape index (κ2) is 8.62. The minimum absolute atomic E-state index is 0.0429. The molecule has 0 bridgehead atoms. The summed E-state index contributed by atoms with van der Waals surface area (Å²) in [5.41, 5.74) is 1.37. The minimum Gasteiger partial charge on any atom is -0.344 e. The van der Waals surface area contributed by atoms with Crippen molar-refractivity contribution in [1.29, 1.82) is 0 Å². The van der Waals surface area contributed by atoms with Gasteiger partial charge in [0.05, 0.1) is 12.6 Å². The van der Waals surface area contributed by atoms with E-state index in [2.05, 4.69) is 25.8 Å². The number of likely N-dealkylation sites (N-methyl/N-ethyl adjacent to an activating group) is 1. The van der Waals surface area contributed by atoms with Crippen LogP contribution in [0.15, 0.2) is 48.7 Å². The van der Waals surface area contributed by atoms with Crippen LogP contribution >= 0.6 is 0 Å². The van der Waals surface area contributed by atoms with E-state index in [1.807, 2.05) is 30.3 Å². The summed E-state index contributed by atoms with van der Waals surface area (Å²) < 4.78 is 27.5. The van der Waals surface area contributed by atoms with Crippen LogP contribution in [0.2, 0.25) is 0 Å².